The number of nitrogens with zero attached hydrogens (tertiary/aromatic N) is 1. The molecule has 1 aromatic heterocycles. The van der Waals surface area contributed by atoms with E-state index in [1.165, 1.54) is 0 Å². The monoisotopic (exact) mass is 269 g/mol. The van der Waals surface area contributed by atoms with Crippen LogP contribution >= 0.6 is 0 Å². The van der Waals surface area contributed by atoms with Gasteiger partial charge >= 0.3 is 0 Å². The highest BCUT2D eigenvalue weighted by Crippen LogP contribution is 2.23. The summed E-state index contributed by atoms with van der Waals surface area (Å²) in [7, 11) is -2.87. The topological polar surface area (TPSA) is 85.1 Å². The molecule has 0 aliphatic carbocycles. The number of nitrogens with two attached hydrogens (primary N) is 1. The minimum Gasteiger partial charge on any atom is -0.325 e. The Bertz CT molecular complexity index is 530. The number of aromatic nitrogens is 1. The van der Waals surface area contributed by atoms with Gasteiger partial charge in [-0.25, -0.2) is 8.42 Å². The Balaban J connectivity index is 1.99. The van der Waals surface area contributed by atoms with E-state index in [2.05, 4.69) is 10.3 Å². The molecule has 100 valence electrons. The smallest absolute Gasteiger partial charge is 0.152 e. The molecule has 5 nitrogen and oxygen atoms in total. The van der Waals surface area contributed by atoms with Gasteiger partial charge in [-0.15, -0.1) is 0 Å². The summed E-state index contributed by atoms with van der Waals surface area (Å²) < 4.78 is 23.0. The van der Waals surface area contributed by atoms with E-state index in [0.29, 0.717) is 19.5 Å². The summed E-state index contributed by atoms with van der Waals surface area (Å²) in [6.45, 7) is 3.02. The van der Waals surface area contributed by atoms with Crippen molar-refractivity contribution in [2.75, 3.05) is 11.5 Å². The predicted octanol–water partition coefficient (Wildman–Crippen LogP) is 0.207. The fourth-order valence-corrected chi connectivity index (χ4v) is 4.34. The van der Waals surface area contributed by atoms with Gasteiger partial charge in [-0.05, 0) is 31.0 Å². The molecule has 0 radical (unpaired) electrons. The molecule has 2 heterocycles. The van der Waals surface area contributed by atoms with Crippen molar-refractivity contribution in [3.8, 4) is 0 Å². The lowest BCUT2D eigenvalue weighted by Crippen LogP contribution is -2.42. The van der Waals surface area contributed by atoms with Crippen molar-refractivity contribution < 1.29 is 8.42 Å². The molecule has 0 bridgehead atoms. The quantitative estimate of drug-likeness (QED) is 0.816. The first kappa shape index (κ1) is 13.5. The van der Waals surface area contributed by atoms with Gasteiger partial charge in [-0.3, -0.25) is 4.98 Å². The van der Waals surface area contributed by atoms with Crippen molar-refractivity contribution in [2.24, 2.45) is 5.73 Å². The van der Waals surface area contributed by atoms with E-state index in [4.69, 9.17) is 5.73 Å². The van der Waals surface area contributed by atoms with Crippen molar-refractivity contribution in [2.45, 2.75) is 32.0 Å². The number of sulfone groups is 1. The van der Waals surface area contributed by atoms with Crippen LogP contribution in [-0.4, -0.2) is 30.4 Å². The van der Waals surface area contributed by atoms with E-state index in [0.717, 1.165) is 11.3 Å². The van der Waals surface area contributed by atoms with Crippen LogP contribution < -0.4 is 11.1 Å². The van der Waals surface area contributed by atoms with E-state index >= 15 is 0 Å². The van der Waals surface area contributed by atoms with Crippen LogP contribution in [0.2, 0.25) is 0 Å². The highest BCUT2D eigenvalue weighted by atomic mass is 32.2. The molecule has 1 saturated heterocycles. The molecule has 1 aliphatic heterocycles. The van der Waals surface area contributed by atoms with Crippen molar-refractivity contribution in [1.29, 1.82) is 0 Å². The third-order valence-electron chi connectivity index (χ3n) is 3.31. The largest absolute Gasteiger partial charge is 0.325 e. The minimum atomic E-state index is -2.87. The molecule has 3 N–H and O–H groups in total. The SMILES string of the molecule is CC1(NCc2ccnc(CN)c2)CCS(=O)(=O)C1. The summed E-state index contributed by atoms with van der Waals surface area (Å²) in [5, 5.41) is 3.33. The maximum atomic E-state index is 11.5. The first-order valence-corrected chi connectivity index (χ1v) is 7.84. The zero-order valence-corrected chi connectivity index (χ0v) is 11.3. The Morgan fingerprint density at radius 2 is 2.33 bits per heavy atom. The van der Waals surface area contributed by atoms with Gasteiger partial charge in [0, 0.05) is 24.8 Å². The van der Waals surface area contributed by atoms with Gasteiger partial charge in [0.1, 0.15) is 0 Å². The lowest BCUT2D eigenvalue weighted by molar-refractivity contribution is 0.395. The van der Waals surface area contributed by atoms with Gasteiger partial charge in [0.15, 0.2) is 9.84 Å². The molecule has 1 aliphatic rings. The molecule has 18 heavy (non-hydrogen) atoms. The molecule has 1 fully saturated rings. The number of hydrogen-bond acceptors (Lipinski definition) is 5. The summed E-state index contributed by atoms with van der Waals surface area (Å²) >= 11 is 0. The van der Waals surface area contributed by atoms with Crippen LogP contribution in [0.1, 0.15) is 24.6 Å². The average Bonchev–Trinajstić information content (AvgIpc) is 2.62. The molecular weight excluding hydrogens is 250 g/mol. The van der Waals surface area contributed by atoms with E-state index in [9.17, 15) is 8.42 Å². The number of nitrogens with one attached hydrogen (secondary N) is 1. The van der Waals surface area contributed by atoms with Crippen molar-refractivity contribution in [1.82, 2.24) is 10.3 Å². The van der Waals surface area contributed by atoms with Crippen LogP contribution in [0.5, 0.6) is 0 Å². The summed E-state index contributed by atoms with van der Waals surface area (Å²) in [5.41, 5.74) is 7.15. The second-order valence-corrected chi connectivity index (χ2v) is 7.30. The molecule has 2 rings (SSSR count). The summed E-state index contributed by atoms with van der Waals surface area (Å²) in [6, 6.07) is 3.86. The maximum absolute atomic E-state index is 11.5. The normalized spacial score (nSPS) is 26.3. The van der Waals surface area contributed by atoms with E-state index < -0.39 is 9.84 Å². The zero-order chi connectivity index (χ0) is 13.2. The molecule has 6 heteroatoms. The second-order valence-electron chi connectivity index (χ2n) is 5.12. The summed E-state index contributed by atoms with van der Waals surface area (Å²) in [6.07, 6.45) is 2.40. The van der Waals surface area contributed by atoms with Crippen LogP contribution in [0.3, 0.4) is 0 Å². The van der Waals surface area contributed by atoms with Crippen molar-refractivity contribution >= 4 is 9.84 Å². The van der Waals surface area contributed by atoms with Crippen LogP contribution in [0, 0.1) is 0 Å². The van der Waals surface area contributed by atoms with Crippen LogP contribution in [-0.2, 0) is 22.9 Å². The summed E-state index contributed by atoms with van der Waals surface area (Å²) in [4.78, 5) is 4.13. The standard InChI is InChI=1S/C12H19N3O2S/c1-12(3-5-18(16,17)9-12)15-8-10-2-4-14-11(6-10)7-13/h2,4,6,15H,3,5,7-9,13H2,1H3. The fourth-order valence-electron chi connectivity index (χ4n) is 2.22. The average molecular weight is 269 g/mol. The molecular formula is C12H19N3O2S. The van der Waals surface area contributed by atoms with E-state index in [1.54, 1.807) is 6.20 Å². The van der Waals surface area contributed by atoms with Gasteiger partial charge in [-0.2, -0.15) is 0 Å². The van der Waals surface area contributed by atoms with Gasteiger partial charge in [0.05, 0.1) is 17.2 Å². The Morgan fingerprint density at radius 3 is 2.94 bits per heavy atom. The third-order valence-corrected chi connectivity index (χ3v) is 5.22. The van der Waals surface area contributed by atoms with Crippen molar-refractivity contribution in [3.63, 3.8) is 0 Å². The Morgan fingerprint density at radius 1 is 1.56 bits per heavy atom. The molecule has 0 spiro atoms. The Hall–Kier alpha value is -0.980. The van der Waals surface area contributed by atoms with E-state index in [1.807, 2.05) is 19.1 Å². The molecule has 1 aromatic rings. The second kappa shape index (κ2) is 4.95. The van der Waals surface area contributed by atoms with E-state index in [-0.39, 0.29) is 17.0 Å². The predicted molar refractivity (Wildman–Crippen MR) is 70.6 cm³/mol. The number of pyridine rings is 1. The highest BCUT2D eigenvalue weighted by molar-refractivity contribution is 7.91. The zero-order valence-electron chi connectivity index (χ0n) is 10.5. The molecule has 0 amide bonds. The minimum absolute atomic E-state index is 0.217. The Labute approximate surface area is 108 Å². The maximum Gasteiger partial charge on any atom is 0.152 e. The lowest BCUT2D eigenvalue weighted by atomic mass is 10.0. The summed E-state index contributed by atoms with van der Waals surface area (Å²) in [5.74, 6) is 0.496. The van der Waals surface area contributed by atoms with Crippen LogP contribution in [0.25, 0.3) is 0 Å². The van der Waals surface area contributed by atoms with Gasteiger partial charge in [0.25, 0.3) is 0 Å². The third kappa shape index (κ3) is 3.28. The lowest BCUT2D eigenvalue weighted by Gasteiger charge is -2.24. The first-order chi connectivity index (χ1) is 8.42. The van der Waals surface area contributed by atoms with Gasteiger partial charge in [-0.1, -0.05) is 0 Å². The van der Waals surface area contributed by atoms with Crippen LogP contribution in [0.4, 0.5) is 0 Å². The van der Waals surface area contributed by atoms with Crippen molar-refractivity contribution in [3.05, 3.63) is 29.6 Å². The van der Waals surface area contributed by atoms with Crippen LogP contribution in [0.15, 0.2) is 18.3 Å². The fraction of sp³-hybridized carbons (Fsp3) is 0.583. The highest BCUT2D eigenvalue weighted by Gasteiger charge is 2.37. The number of hydrogen-bond donors (Lipinski definition) is 2. The number of rotatable bonds is 4. The molecule has 1 atom stereocenters. The molecule has 1 unspecified atom stereocenters. The Kier molecular flexibility index (Phi) is 3.70. The first-order valence-electron chi connectivity index (χ1n) is 6.02. The molecule has 0 saturated carbocycles. The van der Waals surface area contributed by atoms with Gasteiger partial charge in [0.2, 0.25) is 0 Å². The van der Waals surface area contributed by atoms with Gasteiger partial charge < -0.3 is 11.1 Å². The molecule has 0 aromatic carbocycles.